The predicted octanol–water partition coefficient (Wildman–Crippen LogP) is 3.46. The lowest BCUT2D eigenvalue weighted by atomic mass is 9.99. The largest absolute Gasteiger partial charge is 0.496 e. The molecule has 0 fully saturated rings. The average molecular weight is 267 g/mol. The summed E-state index contributed by atoms with van der Waals surface area (Å²) in [7, 11) is 1.64. The van der Waals surface area contributed by atoms with E-state index in [1.54, 1.807) is 7.11 Å². The zero-order chi connectivity index (χ0) is 14.7. The minimum absolute atomic E-state index is 0.176. The standard InChI is InChI=1S/C16H17N3O/c1-10(2)12-5-6-13(15(8-12)20-4)14-7-11(3)18-16(9-17)19-14/h5-8,10H,1-4H3. The maximum Gasteiger partial charge on any atom is 0.232 e. The van der Waals surface area contributed by atoms with E-state index in [4.69, 9.17) is 10.00 Å². The normalized spacial score (nSPS) is 10.4. The molecule has 1 heterocycles. The number of nitriles is 1. The highest BCUT2D eigenvalue weighted by Gasteiger charge is 2.11. The topological polar surface area (TPSA) is 58.8 Å². The first-order chi connectivity index (χ1) is 9.55. The highest BCUT2D eigenvalue weighted by atomic mass is 16.5. The van der Waals surface area contributed by atoms with Crippen molar-refractivity contribution in [3.63, 3.8) is 0 Å². The molecule has 2 aromatic rings. The SMILES string of the molecule is COc1cc(C(C)C)ccc1-c1cc(C)nc(C#N)n1. The molecule has 0 N–H and O–H groups in total. The summed E-state index contributed by atoms with van der Waals surface area (Å²) in [6.07, 6.45) is 0. The Bertz CT molecular complexity index is 672. The number of hydrogen-bond donors (Lipinski definition) is 0. The summed E-state index contributed by atoms with van der Waals surface area (Å²) in [5, 5.41) is 8.97. The van der Waals surface area contributed by atoms with Crippen LogP contribution < -0.4 is 4.74 Å². The van der Waals surface area contributed by atoms with Crippen molar-refractivity contribution in [1.82, 2.24) is 9.97 Å². The zero-order valence-corrected chi connectivity index (χ0v) is 12.1. The van der Waals surface area contributed by atoms with Crippen LogP contribution in [-0.2, 0) is 0 Å². The Balaban J connectivity index is 2.58. The second-order valence-corrected chi connectivity index (χ2v) is 4.94. The van der Waals surface area contributed by atoms with Gasteiger partial charge in [0.1, 0.15) is 11.8 Å². The fraction of sp³-hybridized carbons (Fsp3) is 0.312. The van der Waals surface area contributed by atoms with Crippen LogP contribution in [0.15, 0.2) is 24.3 Å². The van der Waals surface area contributed by atoms with Crippen molar-refractivity contribution in [2.24, 2.45) is 0 Å². The first kappa shape index (κ1) is 14.0. The number of ether oxygens (including phenoxy) is 1. The minimum atomic E-state index is 0.176. The Labute approximate surface area is 119 Å². The molecule has 0 amide bonds. The van der Waals surface area contributed by atoms with Crippen LogP contribution in [0.25, 0.3) is 11.3 Å². The molecule has 20 heavy (non-hydrogen) atoms. The van der Waals surface area contributed by atoms with Crippen LogP contribution in [0, 0.1) is 18.3 Å². The molecule has 0 spiro atoms. The Kier molecular flexibility index (Phi) is 3.99. The lowest BCUT2D eigenvalue weighted by Crippen LogP contribution is -1.98. The van der Waals surface area contributed by atoms with E-state index in [1.165, 1.54) is 5.56 Å². The van der Waals surface area contributed by atoms with Crippen LogP contribution in [0.3, 0.4) is 0 Å². The van der Waals surface area contributed by atoms with Gasteiger partial charge >= 0.3 is 0 Å². The van der Waals surface area contributed by atoms with Crippen LogP contribution in [0.5, 0.6) is 5.75 Å². The first-order valence-electron chi connectivity index (χ1n) is 6.49. The van der Waals surface area contributed by atoms with E-state index in [-0.39, 0.29) is 5.82 Å². The number of nitrogens with zero attached hydrogens (tertiary/aromatic N) is 3. The van der Waals surface area contributed by atoms with Gasteiger partial charge in [-0.3, -0.25) is 0 Å². The third-order valence-electron chi connectivity index (χ3n) is 3.12. The molecular formula is C16H17N3O. The van der Waals surface area contributed by atoms with Crippen LogP contribution in [-0.4, -0.2) is 17.1 Å². The maximum absolute atomic E-state index is 8.97. The molecule has 4 nitrogen and oxygen atoms in total. The molecule has 102 valence electrons. The van der Waals surface area contributed by atoms with Crippen molar-refractivity contribution in [1.29, 1.82) is 5.26 Å². The van der Waals surface area contributed by atoms with E-state index in [0.29, 0.717) is 11.6 Å². The quantitative estimate of drug-likeness (QED) is 0.854. The molecule has 0 saturated carbocycles. The molecule has 4 heteroatoms. The van der Waals surface area contributed by atoms with Gasteiger partial charge in [-0.05, 0) is 36.6 Å². The molecule has 0 aliphatic rings. The number of benzene rings is 1. The summed E-state index contributed by atoms with van der Waals surface area (Å²) in [6, 6.07) is 9.90. The van der Waals surface area contributed by atoms with Crippen molar-refractivity contribution in [2.75, 3.05) is 7.11 Å². The van der Waals surface area contributed by atoms with Crippen molar-refractivity contribution in [2.45, 2.75) is 26.7 Å². The summed E-state index contributed by atoms with van der Waals surface area (Å²) in [5.74, 6) is 1.37. The highest BCUT2D eigenvalue weighted by Crippen LogP contribution is 2.32. The fourth-order valence-electron chi connectivity index (χ4n) is 2.04. The number of rotatable bonds is 3. The highest BCUT2D eigenvalue weighted by molar-refractivity contribution is 5.68. The smallest absolute Gasteiger partial charge is 0.232 e. The third-order valence-corrected chi connectivity index (χ3v) is 3.12. The van der Waals surface area contributed by atoms with Crippen molar-refractivity contribution < 1.29 is 4.74 Å². The number of hydrogen-bond acceptors (Lipinski definition) is 4. The molecule has 0 aliphatic heterocycles. The van der Waals surface area contributed by atoms with Gasteiger partial charge < -0.3 is 4.74 Å². The summed E-state index contributed by atoms with van der Waals surface area (Å²) < 4.78 is 5.46. The molecule has 2 rings (SSSR count). The fourth-order valence-corrected chi connectivity index (χ4v) is 2.04. The molecule has 0 radical (unpaired) electrons. The van der Waals surface area contributed by atoms with E-state index in [0.717, 1.165) is 17.0 Å². The first-order valence-corrected chi connectivity index (χ1v) is 6.49. The Hall–Kier alpha value is -2.41. The number of methoxy groups -OCH3 is 1. The summed E-state index contributed by atoms with van der Waals surface area (Å²) in [6.45, 7) is 6.12. The molecule has 0 atom stereocenters. The Morgan fingerprint density at radius 2 is 1.95 bits per heavy atom. The van der Waals surface area contributed by atoms with E-state index in [2.05, 4.69) is 29.9 Å². The van der Waals surface area contributed by atoms with Gasteiger partial charge in [-0.1, -0.05) is 19.9 Å². The van der Waals surface area contributed by atoms with Gasteiger partial charge in [-0.15, -0.1) is 0 Å². The Morgan fingerprint density at radius 1 is 1.20 bits per heavy atom. The van der Waals surface area contributed by atoms with Gasteiger partial charge in [-0.25, -0.2) is 9.97 Å². The van der Waals surface area contributed by atoms with E-state index in [9.17, 15) is 0 Å². The molecule has 0 unspecified atom stereocenters. The molecular weight excluding hydrogens is 250 g/mol. The maximum atomic E-state index is 8.97. The third kappa shape index (κ3) is 2.77. The average Bonchev–Trinajstić information content (AvgIpc) is 2.45. The summed E-state index contributed by atoms with van der Waals surface area (Å²) in [4.78, 5) is 8.32. The minimum Gasteiger partial charge on any atom is -0.496 e. The number of aryl methyl sites for hydroxylation is 1. The molecule has 0 saturated heterocycles. The van der Waals surface area contributed by atoms with Gasteiger partial charge in [0.15, 0.2) is 0 Å². The van der Waals surface area contributed by atoms with Crippen LogP contribution >= 0.6 is 0 Å². The molecule has 0 bridgehead atoms. The number of aromatic nitrogens is 2. The lowest BCUT2D eigenvalue weighted by molar-refractivity contribution is 0.415. The van der Waals surface area contributed by atoms with Gasteiger partial charge in [0, 0.05) is 11.3 Å². The monoisotopic (exact) mass is 267 g/mol. The van der Waals surface area contributed by atoms with E-state index in [1.807, 2.05) is 31.2 Å². The molecule has 1 aromatic heterocycles. The second kappa shape index (κ2) is 5.70. The van der Waals surface area contributed by atoms with E-state index < -0.39 is 0 Å². The van der Waals surface area contributed by atoms with Crippen molar-refractivity contribution >= 4 is 0 Å². The Morgan fingerprint density at radius 3 is 2.55 bits per heavy atom. The van der Waals surface area contributed by atoms with Gasteiger partial charge in [-0.2, -0.15) is 5.26 Å². The van der Waals surface area contributed by atoms with Crippen LogP contribution in [0.1, 0.15) is 36.8 Å². The lowest BCUT2D eigenvalue weighted by Gasteiger charge is -2.12. The van der Waals surface area contributed by atoms with Gasteiger partial charge in [0.05, 0.1) is 12.8 Å². The predicted molar refractivity (Wildman–Crippen MR) is 77.6 cm³/mol. The van der Waals surface area contributed by atoms with Crippen molar-refractivity contribution in [3.8, 4) is 23.1 Å². The van der Waals surface area contributed by atoms with E-state index >= 15 is 0 Å². The van der Waals surface area contributed by atoms with Gasteiger partial charge in [0.25, 0.3) is 0 Å². The zero-order valence-electron chi connectivity index (χ0n) is 12.1. The van der Waals surface area contributed by atoms with Crippen LogP contribution in [0.2, 0.25) is 0 Å². The molecule has 1 aromatic carbocycles. The van der Waals surface area contributed by atoms with Gasteiger partial charge in [0.2, 0.25) is 5.82 Å². The summed E-state index contributed by atoms with van der Waals surface area (Å²) >= 11 is 0. The summed E-state index contributed by atoms with van der Waals surface area (Å²) in [5.41, 5.74) is 3.55. The molecule has 0 aliphatic carbocycles. The van der Waals surface area contributed by atoms with Crippen LogP contribution in [0.4, 0.5) is 0 Å². The van der Waals surface area contributed by atoms with Crippen molar-refractivity contribution in [3.05, 3.63) is 41.3 Å². The second-order valence-electron chi connectivity index (χ2n) is 4.94.